The monoisotopic (exact) mass is 514 g/mol. The molecular formula is C32H67O2P. The highest BCUT2D eigenvalue weighted by molar-refractivity contribution is 7.59. The number of hydrogen-bond acceptors (Lipinski definition) is 1. The Morgan fingerprint density at radius 3 is 0.829 bits per heavy atom. The van der Waals surface area contributed by atoms with Gasteiger partial charge in [-0.1, -0.05) is 169 Å². The smallest absolute Gasteiger partial charge is 0.206 e. The normalized spacial score (nSPS) is 15.2. The summed E-state index contributed by atoms with van der Waals surface area (Å²) in [6.07, 6.45) is 31.6. The van der Waals surface area contributed by atoms with Crippen molar-refractivity contribution >= 4 is 7.37 Å². The van der Waals surface area contributed by atoms with E-state index in [1.165, 1.54) is 116 Å². The molecule has 2 atom stereocenters. The summed E-state index contributed by atoms with van der Waals surface area (Å²) in [6, 6.07) is 0. The Labute approximate surface area is 222 Å². The lowest BCUT2D eigenvalue weighted by molar-refractivity contribution is 0.408. The Kier molecular flexibility index (Phi) is 26.0. The summed E-state index contributed by atoms with van der Waals surface area (Å²) in [5.41, 5.74) is 0.104. The molecule has 35 heavy (non-hydrogen) atoms. The number of unbranched alkanes of at least 4 members (excludes halogenated alkanes) is 18. The number of hydrogen-bond donors (Lipinski definition) is 1. The van der Waals surface area contributed by atoms with Crippen molar-refractivity contribution in [1.82, 2.24) is 0 Å². The lowest BCUT2D eigenvalue weighted by Crippen LogP contribution is -2.20. The molecule has 0 spiro atoms. The van der Waals surface area contributed by atoms with Gasteiger partial charge in [0.05, 0.1) is 0 Å². The fourth-order valence-corrected chi connectivity index (χ4v) is 8.42. The van der Waals surface area contributed by atoms with Crippen LogP contribution in [-0.2, 0) is 4.57 Å². The Morgan fingerprint density at radius 1 is 0.400 bits per heavy atom. The maximum absolute atomic E-state index is 14.1. The fraction of sp³-hybridized carbons (Fsp3) is 1.00. The van der Waals surface area contributed by atoms with Crippen LogP contribution in [0.2, 0.25) is 0 Å². The average molecular weight is 515 g/mol. The molecule has 0 aromatic rings. The molecule has 0 saturated carbocycles. The molecule has 0 fully saturated rings. The summed E-state index contributed by atoms with van der Waals surface area (Å²) in [5, 5.41) is 0. The standard InChI is InChI=1S/C32H67O2P/c1-5-9-13-17-21-25-29-31(27-23-19-15-11-7-3)35(33,34)32(28-24-20-16-12-8-4)30-26-22-18-14-10-6-2/h31-32H,5-30H2,1-4H3,(H,33,34). The molecule has 0 heterocycles. The van der Waals surface area contributed by atoms with Gasteiger partial charge in [-0.15, -0.1) is 0 Å². The Morgan fingerprint density at radius 2 is 0.600 bits per heavy atom. The van der Waals surface area contributed by atoms with Gasteiger partial charge < -0.3 is 4.89 Å². The second kappa shape index (κ2) is 25.8. The van der Waals surface area contributed by atoms with E-state index in [0.29, 0.717) is 0 Å². The van der Waals surface area contributed by atoms with Crippen LogP contribution in [0.4, 0.5) is 0 Å². The van der Waals surface area contributed by atoms with Gasteiger partial charge in [0.15, 0.2) is 0 Å². The van der Waals surface area contributed by atoms with Gasteiger partial charge in [0.25, 0.3) is 0 Å². The van der Waals surface area contributed by atoms with E-state index >= 15 is 0 Å². The van der Waals surface area contributed by atoms with Gasteiger partial charge in [-0.05, 0) is 25.7 Å². The minimum Gasteiger partial charge on any atom is -0.344 e. The zero-order chi connectivity index (χ0) is 26.0. The van der Waals surface area contributed by atoms with E-state index in [2.05, 4.69) is 27.7 Å². The molecule has 2 nitrogen and oxygen atoms in total. The van der Waals surface area contributed by atoms with Gasteiger partial charge in [-0.2, -0.15) is 0 Å². The maximum atomic E-state index is 14.1. The topological polar surface area (TPSA) is 37.3 Å². The van der Waals surface area contributed by atoms with Gasteiger partial charge in [0.1, 0.15) is 0 Å². The van der Waals surface area contributed by atoms with E-state index in [9.17, 15) is 9.46 Å². The van der Waals surface area contributed by atoms with Crippen molar-refractivity contribution in [3.63, 3.8) is 0 Å². The van der Waals surface area contributed by atoms with Crippen LogP contribution in [0.1, 0.15) is 195 Å². The third kappa shape index (κ3) is 19.9. The molecule has 212 valence electrons. The van der Waals surface area contributed by atoms with E-state index < -0.39 is 7.37 Å². The molecule has 0 aliphatic heterocycles. The Bertz CT molecular complexity index is 426. The van der Waals surface area contributed by atoms with Crippen molar-refractivity contribution in [1.29, 1.82) is 0 Å². The van der Waals surface area contributed by atoms with Crippen molar-refractivity contribution in [3.8, 4) is 0 Å². The van der Waals surface area contributed by atoms with E-state index in [1.807, 2.05) is 0 Å². The average Bonchev–Trinajstić information content (AvgIpc) is 2.85. The lowest BCUT2D eigenvalue weighted by Gasteiger charge is -2.31. The third-order valence-electron chi connectivity index (χ3n) is 8.11. The van der Waals surface area contributed by atoms with Crippen LogP contribution in [0.15, 0.2) is 0 Å². The van der Waals surface area contributed by atoms with Gasteiger partial charge in [-0.25, -0.2) is 0 Å². The van der Waals surface area contributed by atoms with Crippen molar-refractivity contribution in [2.75, 3.05) is 0 Å². The molecule has 0 radical (unpaired) electrons. The summed E-state index contributed by atoms with van der Waals surface area (Å²) in [5.74, 6) is 0. The summed E-state index contributed by atoms with van der Waals surface area (Å²) in [4.78, 5) is 11.7. The van der Waals surface area contributed by atoms with Crippen LogP contribution in [0.3, 0.4) is 0 Å². The van der Waals surface area contributed by atoms with E-state index in [0.717, 1.165) is 51.4 Å². The summed E-state index contributed by atoms with van der Waals surface area (Å²) in [7, 11) is -3.15. The quantitative estimate of drug-likeness (QED) is 0.0832. The van der Waals surface area contributed by atoms with Crippen LogP contribution in [0.25, 0.3) is 0 Å². The summed E-state index contributed by atoms with van der Waals surface area (Å²) < 4.78 is 14.1. The van der Waals surface area contributed by atoms with Crippen molar-refractivity contribution < 1.29 is 9.46 Å². The molecule has 2 unspecified atom stereocenters. The molecular weight excluding hydrogens is 447 g/mol. The highest BCUT2D eigenvalue weighted by atomic mass is 31.2. The second-order valence-corrected chi connectivity index (χ2v) is 14.3. The van der Waals surface area contributed by atoms with Crippen LogP contribution >= 0.6 is 7.37 Å². The first-order chi connectivity index (χ1) is 17.0. The fourth-order valence-electron chi connectivity index (χ4n) is 5.61. The van der Waals surface area contributed by atoms with Crippen LogP contribution in [0.5, 0.6) is 0 Å². The highest BCUT2D eigenvalue weighted by Crippen LogP contribution is 2.57. The zero-order valence-electron chi connectivity index (χ0n) is 24.8. The van der Waals surface area contributed by atoms with Crippen LogP contribution in [0, 0.1) is 0 Å². The van der Waals surface area contributed by atoms with Crippen molar-refractivity contribution in [3.05, 3.63) is 0 Å². The molecule has 0 aliphatic rings. The zero-order valence-corrected chi connectivity index (χ0v) is 25.7. The molecule has 0 aromatic carbocycles. The van der Waals surface area contributed by atoms with E-state index in [1.54, 1.807) is 0 Å². The van der Waals surface area contributed by atoms with Crippen LogP contribution in [-0.4, -0.2) is 16.2 Å². The predicted molar refractivity (Wildman–Crippen MR) is 160 cm³/mol. The van der Waals surface area contributed by atoms with Gasteiger partial charge in [0, 0.05) is 11.3 Å². The maximum Gasteiger partial charge on any atom is 0.206 e. The first-order valence-electron chi connectivity index (χ1n) is 16.4. The minimum absolute atomic E-state index is 0.0519. The first-order valence-corrected chi connectivity index (χ1v) is 18.2. The SMILES string of the molecule is CCCCCCCCC(CCCCCCC)P(=O)(O)C(CCCCCCC)CCCCCCCC. The van der Waals surface area contributed by atoms with E-state index in [4.69, 9.17) is 0 Å². The summed E-state index contributed by atoms with van der Waals surface area (Å²) >= 11 is 0. The Balaban J connectivity index is 5.03. The largest absolute Gasteiger partial charge is 0.344 e. The van der Waals surface area contributed by atoms with Gasteiger partial charge in [0.2, 0.25) is 7.37 Å². The second-order valence-electron chi connectivity index (χ2n) is 11.5. The molecule has 0 saturated heterocycles. The molecule has 0 bridgehead atoms. The Hall–Kier alpha value is 0.190. The minimum atomic E-state index is -3.15. The molecule has 0 aliphatic carbocycles. The lowest BCUT2D eigenvalue weighted by atomic mass is 10.0. The predicted octanol–water partition coefficient (Wildman–Crippen LogP) is 12.2. The first kappa shape index (κ1) is 35.2. The molecule has 0 rings (SSSR count). The highest BCUT2D eigenvalue weighted by Gasteiger charge is 2.37. The van der Waals surface area contributed by atoms with Crippen molar-refractivity contribution in [2.24, 2.45) is 0 Å². The molecule has 0 aromatic heterocycles. The van der Waals surface area contributed by atoms with Crippen LogP contribution < -0.4 is 0 Å². The molecule has 0 amide bonds. The van der Waals surface area contributed by atoms with Gasteiger partial charge >= 0.3 is 0 Å². The molecule has 3 heteroatoms. The molecule has 1 N–H and O–H groups in total. The third-order valence-corrected chi connectivity index (χ3v) is 11.2. The summed E-state index contributed by atoms with van der Waals surface area (Å²) in [6.45, 7) is 9.05. The van der Waals surface area contributed by atoms with Crippen molar-refractivity contribution in [2.45, 2.75) is 206 Å². The number of rotatable bonds is 28. The van der Waals surface area contributed by atoms with E-state index in [-0.39, 0.29) is 11.3 Å². The van der Waals surface area contributed by atoms with Gasteiger partial charge in [-0.3, -0.25) is 4.57 Å².